The summed E-state index contributed by atoms with van der Waals surface area (Å²) in [5, 5.41) is 0. The Morgan fingerprint density at radius 2 is 1.89 bits per heavy atom. The molecule has 6 aliphatic carbocycles. The molecule has 6 heteroatoms. The van der Waals surface area contributed by atoms with Crippen LogP contribution in [0.1, 0.15) is 52.4 Å². The Kier molecular flexibility index (Phi) is 4.87. The molecule has 0 aromatic heterocycles. The van der Waals surface area contributed by atoms with Gasteiger partial charge in [0, 0.05) is 30.0 Å². The molecular formula is C29H39NO4S. The van der Waals surface area contributed by atoms with Crippen LogP contribution in [0.5, 0.6) is 0 Å². The summed E-state index contributed by atoms with van der Waals surface area (Å²) in [6.07, 6.45) is 9.21. The van der Waals surface area contributed by atoms with Crippen LogP contribution < -0.4 is 0 Å². The van der Waals surface area contributed by atoms with Crippen molar-refractivity contribution in [3.63, 3.8) is 0 Å². The van der Waals surface area contributed by atoms with Crippen LogP contribution in [0.3, 0.4) is 0 Å². The van der Waals surface area contributed by atoms with Crippen LogP contribution in [0.25, 0.3) is 0 Å². The second kappa shape index (κ2) is 7.43. The van der Waals surface area contributed by atoms with Gasteiger partial charge in [-0.1, -0.05) is 38.1 Å². The maximum atomic E-state index is 13.9. The lowest BCUT2D eigenvalue weighted by Crippen LogP contribution is -2.69. The summed E-state index contributed by atoms with van der Waals surface area (Å²) in [4.78, 5) is 3.96. The predicted octanol–water partition coefficient (Wildman–Crippen LogP) is 4.89. The molecule has 35 heavy (non-hydrogen) atoms. The Labute approximate surface area is 210 Å². The van der Waals surface area contributed by atoms with Gasteiger partial charge in [-0.3, -0.25) is 4.90 Å². The largest absolute Gasteiger partial charge is 0.359 e. The van der Waals surface area contributed by atoms with E-state index in [9.17, 15) is 8.42 Å². The first kappa shape index (κ1) is 22.9. The van der Waals surface area contributed by atoms with Gasteiger partial charge in [0.1, 0.15) is 6.79 Å². The van der Waals surface area contributed by atoms with Crippen LogP contribution in [0.15, 0.2) is 46.2 Å². The number of likely N-dealkylation sites (tertiary alicyclic amines) is 1. The van der Waals surface area contributed by atoms with E-state index in [2.05, 4.69) is 24.8 Å². The Bertz CT molecular complexity index is 1170. The third-order valence-electron chi connectivity index (χ3n) is 11.7. The number of hydrogen-bond donors (Lipinski definition) is 0. The molecule has 7 bridgehead atoms. The topological polar surface area (TPSA) is 55.8 Å². The number of rotatable bonds is 6. The molecule has 0 amide bonds. The lowest BCUT2D eigenvalue weighted by atomic mass is 9.41. The minimum Gasteiger partial charge on any atom is -0.359 e. The zero-order chi connectivity index (χ0) is 24.2. The van der Waals surface area contributed by atoms with Crippen LogP contribution in [0.4, 0.5) is 0 Å². The van der Waals surface area contributed by atoms with Gasteiger partial charge in [-0.2, -0.15) is 0 Å². The Morgan fingerprint density at radius 3 is 2.63 bits per heavy atom. The van der Waals surface area contributed by atoms with E-state index < -0.39 is 9.84 Å². The molecule has 5 nitrogen and oxygen atoms in total. The van der Waals surface area contributed by atoms with Crippen molar-refractivity contribution in [2.45, 2.75) is 69.4 Å². The lowest BCUT2D eigenvalue weighted by Gasteiger charge is -2.67. The van der Waals surface area contributed by atoms with Crippen LogP contribution in [0.2, 0.25) is 0 Å². The van der Waals surface area contributed by atoms with Gasteiger partial charge in [-0.15, -0.1) is 0 Å². The summed E-state index contributed by atoms with van der Waals surface area (Å²) in [5.74, 6) is 1.83. The van der Waals surface area contributed by atoms with Crippen molar-refractivity contribution in [1.29, 1.82) is 0 Å². The second-order valence-electron chi connectivity index (χ2n) is 12.7. The fourth-order valence-corrected chi connectivity index (χ4v) is 12.6. The average molecular weight is 498 g/mol. The maximum Gasteiger partial charge on any atom is 0.202 e. The summed E-state index contributed by atoms with van der Waals surface area (Å²) in [6.45, 7) is 7.46. The molecule has 1 aliphatic heterocycles. The molecule has 7 aliphatic rings. The highest BCUT2D eigenvalue weighted by Gasteiger charge is 2.82. The first-order valence-electron chi connectivity index (χ1n) is 13.7. The van der Waals surface area contributed by atoms with Gasteiger partial charge in [-0.05, 0) is 91.7 Å². The first-order chi connectivity index (χ1) is 16.8. The van der Waals surface area contributed by atoms with Crippen molar-refractivity contribution in [1.82, 2.24) is 4.90 Å². The molecule has 1 saturated heterocycles. The number of nitrogens with zero attached hydrogens (tertiary/aromatic N) is 1. The molecule has 8 rings (SSSR count). The van der Waals surface area contributed by atoms with Crippen molar-refractivity contribution in [2.75, 3.05) is 27.0 Å². The van der Waals surface area contributed by atoms with E-state index in [4.69, 9.17) is 9.47 Å². The fraction of sp³-hybridized carbons (Fsp3) is 0.724. The highest BCUT2D eigenvalue weighted by atomic mass is 32.2. The first-order valence-corrected chi connectivity index (χ1v) is 15.2. The van der Waals surface area contributed by atoms with Gasteiger partial charge in [-0.25, -0.2) is 8.42 Å². The number of fused-ring (bicyclic) bond motifs is 1. The predicted molar refractivity (Wildman–Crippen MR) is 134 cm³/mol. The van der Waals surface area contributed by atoms with Crippen molar-refractivity contribution in [3.05, 3.63) is 41.3 Å². The summed E-state index contributed by atoms with van der Waals surface area (Å²) in [7, 11) is -1.74. The standard InChI is InChI=1S/C29H39NO4S/c1-4-30-17-27(2)12-11-25(34-18-33-3)29-23(27)15-21(26(29)30)28-13-10-19(14-24(28)29)22(16-28)35(31,32)20-8-6-5-7-9-20/h5-9,16,19,21,23-26H,4,10-15,17-18H2,1-3H3/t19-,21?,23+,24?,25-,26?,27-,28-,29?/m0/s1. The summed E-state index contributed by atoms with van der Waals surface area (Å²) in [5.41, 5.74) is 0.425. The normalized spacial score (nSPS) is 47.6. The molecule has 1 aromatic rings. The highest BCUT2D eigenvalue weighted by molar-refractivity contribution is 7.95. The average Bonchev–Trinajstić information content (AvgIpc) is 3.31. The molecule has 5 fully saturated rings. The third kappa shape index (κ3) is 2.63. The number of methoxy groups -OCH3 is 1. The summed E-state index contributed by atoms with van der Waals surface area (Å²) in [6, 6.07) is 9.60. The van der Waals surface area contributed by atoms with Gasteiger partial charge in [0.25, 0.3) is 0 Å². The number of hydrogen-bond acceptors (Lipinski definition) is 5. The Morgan fingerprint density at radius 1 is 1.09 bits per heavy atom. The molecule has 190 valence electrons. The van der Waals surface area contributed by atoms with Crippen LogP contribution in [-0.2, 0) is 19.3 Å². The van der Waals surface area contributed by atoms with Gasteiger partial charge >= 0.3 is 0 Å². The zero-order valence-corrected chi connectivity index (χ0v) is 22.1. The number of sulfone groups is 1. The number of piperidine rings is 1. The highest BCUT2D eigenvalue weighted by Crippen LogP contribution is 2.83. The smallest absolute Gasteiger partial charge is 0.202 e. The lowest BCUT2D eigenvalue weighted by molar-refractivity contribution is -0.238. The molecule has 0 radical (unpaired) electrons. The third-order valence-corrected chi connectivity index (χ3v) is 13.6. The van der Waals surface area contributed by atoms with Crippen LogP contribution in [-0.4, -0.2) is 52.5 Å². The molecular weight excluding hydrogens is 458 g/mol. The SMILES string of the molecule is CCN1C[C@]2(C)CC[C@H](OCOC)C34C1C(C[C@@H]32)[C@@]12C=C(S(=O)(=O)c3ccccc3)[C@@H](CC1)CC42. The number of allylic oxidation sites excluding steroid dienone is 2. The monoisotopic (exact) mass is 497 g/mol. The van der Waals surface area contributed by atoms with Crippen molar-refractivity contribution in [3.8, 4) is 0 Å². The van der Waals surface area contributed by atoms with Gasteiger partial charge < -0.3 is 9.47 Å². The van der Waals surface area contributed by atoms with Gasteiger partial charge in [0.15, 0.2) is 0 Å². The molecule has 1 heterocycles. The van der Waals surface area contributed by atoms with Crippen molar-refractivity contribution < 1.29 is 17.9 Å². The van der Waals surface area contributed by atoms with Crippen molar-refractivity contribution >= 4 is 9.84 Å². The van der Waals surface area contributed by atoms with E-state index in [0.29, 0.717) is 40.9 Å². The summed E-state index contributed by atoms with van der Waals surface area (Å²) >= 11 is 0. The van der Waals surface area contributed by atoms with E-state index in [1.54, 1.807) is 19.2 Å². The second-order valence-corrected chi connectivity index (χ2v) is 14.6. The quantitative estimate of drug-likeness (QED) is 0.524. The van der Waals surface area contributed by atoms with Gasteiger partial charge in [0.05, 0.1) is 11.0 Å². The van der Waals surface area contributed by atoms with E-state index in [-0.39, 0.29) is 22.9 Å². The summed E-state index contributed by atoms with van der Waals surface area (Å²) < 4.78 is 39.8. The molecule has 4 saturated carbocycles. The van der Waals surface area contributed by atoms with Crippen LogP contribution >= 0.6 is 0 Å². The van der Waals surface area contributed by atoms with E-state index >= 15 is 0 Å². The van der Waals surface area contributed by atoms with E-state index in [1.165, 1.54) is 19.4 Å². The molecule has 9 atom stereocenters. The maximum absolute atomic E-state index is 13.9. The van der Waals surface area contributed by atoms with Crippen LogP contribution in [0, 0.1) is 39.9 Å². The fourth-order valence-electron chi connectivity index (χ4n) is 10.8. The van der Waals surface area contributed by atoms with E-state index in [0.717, 1.165) is 37.1 Å². The molecule has 1 aromatic carbocycles. The molecule has 0 N–H and O–H groups in total. The minimum atomic E-state index is -3.46. The van der Waals surface area contributed by atoms with Crippen molar-refractivity contribution in [2.24, 2.45) is 39.9 Å². The molecule has 2 spiro atoms. The van der Waals surface area contributed by atoms with E-state index in [1.807, 2.05) is 18.2 Å². The Hall–Kier alpha value is -1.21. The molecule has 4 unspecified atom stereocenters. The zero-order valence-electron chi connectivity index (χ0n) is 21.3. The van der Waals surface area contributed by atoms with Gasteiger partial charge in [0.2, 0.25) is 9.84 Å². The minimum absolute atomic E-state index is 0.0161. The Balaban J connectivity index is 1.40. The number of benzene rings is 1. The number of ether oxygens (including phenoxy) is 2.